The van der Waals surface area contributed by atoms with Crippen molar-refractivity contribution in [3.05, 3.63) is 55.7 Å². The number of nitrogen functional groups attached to an aromatic ring is 1. The van der Waals surface area contributed by atoms with Crippen molar-refractivity contribution in [3.63, 3.8) is 0 Å². The zero-order valence-corrected chi connectivity index (χ0v) is 20.1. The van der Waals surface area contributed by atoms with E-state index in [-0.39, 0.29) is 35.9 Å². The minimum absolute atomic E-state index is 0.0255. The molecule has 0 saturated carbocycles. The van der Waals surface area contributed by atoms with E-state index in [4.69, 9.17) is 5.73 Å². The van der Waals surface area contributed by atoms with Crippen LogP contribution in [0.3, 0.4) is 0 Å². The van der Waals surface area contributed by atoms with E-state index in [9.17, 15) is 14.4 Å². The summed E-state index contributed by atoms with van der Waals surface area (Å²) >= 11 is 0. The fourth-order valence-corrected chi connectivity index (χ4v) is 3.63. The Morgan fingerprint density at radius 3 is 2.47 bits per heavy atom. The number of unbranched alkanes of at least 4 members (excludes halogenated alkanes) is 1. The number of hydrogen-bond acceptors (Lipinski definition) is 5. The Labute approximate surface area is 189 Å². The molecule has 1 aromatic carbocycles. The van der Waals surface area contributed by atoms with Crippen molar-refractivity contribution in [2.24, 2.45) is 5.92 Å². The second kappa shape index (κ2) is 11.0. The predicted octanol–water partition coefficient (Wildman–Crippen LogP) is 2.88. The summed E-state index contributed by atoms with van der Waals surface area (Å²) in [6.07, 6.45) is 1.67. The van der Waals surface area contributed by atoms with Gasteiger partial charge in [0, 0.05) is 13.1 Å². The topological polar surface area (TPSA) is 113 Å². The lowest BCUT2D eigenvalue weighted by Gasteiger charge is -2.27. The van der Waals surface area contributed by atoms with Crippen LogP contribution >= 0.6 is 0 Å². The zero-order chi connectivity index (χ0) is 24.0. The van der Waals surface area contributed by atoms with Crippen molar-refractivity contribution in [3.8, 4) is 0 Å². The zero-order valence-electron chi connectivity index (χ0n) is 20.1. The number of aromatic nitrogens is 2. The van der Waals surface area contributed by atoms with E-state index in [1.807, 2.05) is 46.8 Å². The molecule has 0 aliphatic rings. The maximum Gasteiger partial charge on any atom is 0.330 e. The fourth-order valence-electron chi connectivity index (χ4n) is 3.63. The van der Waals surface area contributed by atoms with Gasteiger partial charge in [0.25, 0.3) is 5.56 Å². The van der Waals surface area contributed by atoms with Crippen LogP contribution in [0.25, 0.3) is 0 Å². The van der Waals surface area contributed by atoms with Gasteiger partial charge in [-0.15, -0.1) is 0 Å². The fraction of sp³-hybridized carbons (Fsp3) is 0.542. The van der Waals surface area contributed by atoms with Gasteiger partial charge in [0.1, 0.15) is 11.5 Å². The molecule has 8 heteroatoms. The van der Waals surface area contributed by atoms with E-state index in [2.05, 4.69) is 23.3 Å². The first kappa shape index (κ1) is 25.2. The van der Waals surface area contributed by atoms with Crippen LogP contribution in [0, 0.1) is 19.8 Å². The molecule has 0 fully saturated rings. The molecule has 1 heterocycles. The minimum Gasteiger partial charge on any atom is -0.383 e. The Kier molecular flexibility index (Phi) is 8.69. The Morgan fingerprint density at radius 2 is 1.88 bits per heavy atom. The number of rotatable bonds is 10. The van der Waals surface area contributed by atoms with Gasteiger partial charge in [-0.05, 0) is 49.8 Å². The van der Waals surface area contributed by atoms with Crippen molar-refractivity contribution in [1.82, 2.24) is 14.9 Å². The Morgan fingerprint density at radius 1 is 1.19 bits per heavy atom. The summed E-state index contributed by atoms with van der Waals surface area (Å²) in [5.74, 6) is 0.0470. The molecule has 0 spiro atoms. The molecule has 176 valence electrons. The molecule has 1 unspecified atom stereocenters. The van der Waals surface area contributed by atoms with E-state index in [1.54, 1.807) is 4.90 Å². The molecule has 2 aromatic rings. The first-order chi connectivity index (χ1) is 15.0. The summed E-state index contributed by atoms with van der Waals surface area (Å²) in [6, 6.07) is 5.94. The molecule has 0 bridgehead atoms. The summed E-state index contributed by atoms with van der Waals surface area (Å²) < 4.78 is 1.37. The summed E-state index contributed by atoms with van der Waals surface area (Å²) in [4.78, 5) is 41.9. The van der Waals surface area contributed by atoms with E-state index in [1.165, 1.54) is 15.7 Å². The van der Waals surface area contributed by atoms with E-state index in [0.29, 0.717) is 13.1 Å². The summed E-state index contributed by atoms with van der Waals surface area (Å²) in [5.41, 5.74) is 8.73. The molecule has 1 aromatic heterocycles. The Balaban J connectivity index is 2.30. The molecule has 4 N–H and O–H groups in total. The molecule has 0 saturated heterocycles. The van der Waals surface area contributed by atoms with E-state index >= 15 is 0 Å². The molecule has 0 aliphatic carbocycles. The number of nitrogens with two attached hydrogens (primary N) is 1. The van der Waals surface area contributed by atoms with Gasteiger partial charge in [-0.2, -0.15) is 0 Å². The van der Waals surface area contributed by atoms with Crippen LogP contribution in [0.4, 0.5) is 11.5 Å². The first-order valence-electron chi connectivity index (χ1n) is 11.3. The van der Waals surface area contributed by atoms with Crippen molar-refractivity contribution in [1.29, 1.82) is 0 Å². The number of nitrogens with zero attached hydrogens (tertiary/aromatic N) is 2. The number of hydrogen-bond donors (Lipinski definition) is 3. The standard InChI is InChI=1S/C24H37N5O3/c1-7-8-11-28(21-22(25)29(13-15(2)3)24(32)27-23(21)31)14-20(30)26-18(6)19-10-9-16(4)17(5)12-19/h9-10,12,15,18H,7-8,11,13-14,25H2,1-6H3,(H,26,30)(H,27,31,32). The van der Waals surface area contributed by atoms with Crippen molar-refractivity contribution < 1.29 is 4.79 Å². The monoisotopic (exact) mass is 443 g/mol. The number of aryl methyl sites for hydroxylation is 2. The number of carbonyl (C=O) groups is 1. The number of anilines is 2. The highest BCUT2D eigenvalue weighted by Gasteiger charge is 2.22. The van der Waals surface area contributed by atoms with Crippen LogP contribution < -0.4 is 27.2 Å². The lowest BCUT2D eigenvalue weighted by atomic mass is 10.0. The van der Waals surface area contributed by atoms with Crippen LogP contribution in [0.15, 0.2) is 27.8 Å². The number of benzene rings is 1. The van der Waals surface area contributed by atoms with Crippen LogP contribution in [0.1, 0.15) is 63.3 Å². The largest absolute Gasteiger partial charge is 0.383 e. The molecule has 0 radical (unpaired) electrons. The van der Waals surface area contributed by atoms with Crippen molar-refractivity contribution >= 4 is 17.4 Å². The smallest absolute Gasteiger partial charge is 0.330 e. The first-order valence-corrected chi connectivity index (χ1v) is 11.3. The minimum atomic E-state index is -0.571. The van der Waals surface area contributed by atoms with Gasteiger partial charge in [-0.3, -0.25) is 19.1 Å². The van der Waals surface area contributed by atoms with Gasteiger partial charge in [0.05, 0.1) is 12.6 Å². The average Bonchev–Trinajstić information content (AvgIpc) is 2.70. The normalized spacial score (nSPS) is 12.1. The van der Waals surface area contributed by atoms with Crippen molar-refractivity contribution in [2.45, 2.75) is 67.0 Å². The SMILES string of the molecule is CCCCN(CC(=O)NC(C)c1ccc(C)c(C)c1)c1c(N)n(CC(C)C)c(=O)[nH]c1=O. The number of nitrogens with one attached hydrogen (secondary N) is 2. The van der Waals surface area contributed by atoms with Gasteiger partial charge in [-0.25, -0.2) is 4.79 Å². The highest BCUT2D eigenvalue weighted by Crippen LogP contribution is 2.19. The lowest BCUT2D eigenvalue weighted by molar-refractivity contribution is -0.120. The molecule has 1 amide bonds. The molecule has 2 rings (SSSR count). The van der Waals surface area contributed by atoms with E-state index < -0.39 is 11.2 Å². The highest BCUT2D eigenvalue weighted by molar-refractivity contribution is 5.82. The summed E-state index contributed by atoms with van der Waals surface area (Å²) in [6.45, 7) is 12.8. The second-order valence-electron chi connectivity index (χ2n) is 8.91. The molecular weight excluding hydrogens is 406 g/mol. The van der Waals surface area contributed by atoms with Crippen LogP contribution in [0.5, 0.6) is 0 Å². The quantitative estimate of drug-likeness (QED) is 0.523. The summed E-state index contributed by atoms with van der Waals surface area (Å²) in [7, 11) is 0. The summed E-state index contributed by atoms with van der Waals surface area (Å²) in [5, 5.41) is 3.01. The van der Waals surface area contributed by atoms with Crippen molar-refractivity contribution in [2.75, 3.05) is 23.7 Å². The van der Waals surface area contributed by atoms with Gasteiger partial charge < -0.3 is 16.0 Å². The number of carbonyl (C=O) groups excluding carboxylic acids is 1. The Hall–Kier alpha value is -3.03. The maximum absolute atomic E-state index is 12.9. The number of amides is 1. The lowest BCUT2D eigenvalue weighted by Crippen LogP contribution is -2.44. The third-order valence-corrected chi connectivity index (χ3v) is 5.60. The molecule has 0 aliphatic heterocycles. The Bertz CT molecular complexity index is 1050. The van der Waals surface area contributed by atoms with Crippen LogP contribution in [-0.2, 0) is 11.3 Å². The molecule has 1 atom stereocenters. The molecule has 8 nitrogen and oxygen atoms in total. The van der Waals surface area contributed by atoms with Crippen LogP contribution in [0.2, 0.25) is 0 Å². The number of aromatic amines is 1. The van der Waals surface area contributed by atoms with Gasteiger partial charge in [-0.1, -0.05) is 45.4 Å². The third-order valence-electron chi connectivity index (χ3n) is 5.60. The highest BCUT2D eigenvalue weighted by atomic mass is 16.2. The molecule has 32 heavy (non-hydrogen) atoms. The molecular formula is C24H37N5O3. The third kappa shape index (κ3) is 6.24. The predicted molar refractivity (Wildman–Crippen MR) is 130 cm³/mol. The van der Waals surface area contributed by atoms with Gasteiger partial charge >= 0.3 is 5.69 Å². The van der Waals surface area contributed by atoms with Gasteiger partial charge in [0.2, 0.25) is 5.91 Å². The average molecular weight is 444 g/mol. The number of H-pyrrole nitrogens is 1. The van der Waals surface area contributed by atoms with Crippen LogP contribution in [-0.4, -0.2) is 28.5 Å². The second-order valence-corrected chi connectivity index (χ2v) is 8.91. The van der Waals surface area contributed by atoms with E-state index in [0.717, 1.165) is 18.4 Å². The van der Waals surface area contributed by atoms with Gasteiger partial charge in [0.15, 0.2) is 0 Å². The maximum atomic E-state index is 12.9.